The first-order valence-corrected chi connectivity index (χ1v) is 21.4. The summed E-state index contributed by atoms with van der Waals surface area (Å²) in [6.45, 7) is 10.3. The molecule has 54 heavy (non-hydrogen) atoms. The summed E-state index contributed by atoms with van der Waals surface area (Å²) in [5, 5.41) is 3.15. The Morgan fingerprint density at radius 1 is 1.11 bits per heavy atom. The van der Waals surface area contributed by atoms with E-state index in [1.54, 1.807) is 18.2 Å². The van der Waals surface area contributed by atoms with E-state index in [9.17, 15) is 18.0 Å². The number of methoxy groups -OCH3 is 1. The minimum atomic E-state index is -4.09. The number of aromatic nitrogens is 1. The largest absolute Gasteiger partial charge is 0.489 e. The van der Waals surface area contributed by atoms with Crippen molar-refractivity contribution < 1.29 is 32.2 Å². The number of ketones is 1. The van der Waals surface area contributed by atoms with Crippen LogP contribution in [-0.4, -0.2) is 114 Å². The van der Waals surface area contributed by atoms with Crippen LogP contribution in [-0.2, 0) is 36.1 Å². The van der Waals surface area contributed by atoms with Crippen molar-refractivity contribution in [2.45, 2.75) is 68.6 Å². The number of ether oxygens (including phenoxy) is 3. The van der Waals surface area contributed by atoms with Crippen LogP contribution in [0.2, 0.25) is 5.02 Å². The number of rotatable bonds is 4. The zero-order valence-electron chi connectivity index (χ0n) is 31.4. The molecular weight excluding hydrogens is 730 g/mol. The topological polar surface area (TPSA) is 139 Å². The molecule has 2 aromatic rings. The van der Waals surface area contributed by atoms with Crippen LogP contribution >= 0.6 is 11.6 Å². The summed E-state index contributed by atoms with van der Waals surface area (Å²) < 4.78 is 46.1. The molecule has 2 aliphatic carbocycles. The number of nitrogens with one attached hydrogen (secondary N) is 2. The van der Waals surface area contributed by atoms with Gasteiger partial charge in [0.25, 0.3) is 5.91 Å². The van der Waals surface area contributed by atoms with Gasteiger partial charge in [0.15, 0.2) is 17.4 Å². The van der Waals surface area contributed by atoms with Gasteiger partial charge in [-0.3, -0.25) is 14.5 Å². The van der Waals surface area contributed by atoms with Crippen molar-refractivity contribution in [3.8, 4) is 5.75 Å². The molecule has 14 heteroatoms. The number of carbonyl (C=O) groups is 2. The molecule has 4 aliphatic heterocycles. The number of benzene rings is 1. The SMILES string of the molecule is C1CN(C2COC2)CCN1.COCC[C@@H]1[C@@H](C)C/C=C/C(=O)[C@@H]2CC[C@H]2CN2C[C@@]3(CCCc4cc(Cl)ccc43)COc3ccc(nc32)C(=O)NS1(=O)=O. The molecule has 1 aromatic heterocycles. The normalized spacial score (nSPS) is 30.5. The first kappa shape index (κ1) is 39.2. The molecule has 0 unspecified atom stereocenters. The lowest BCUT2D eigenvalue weighted by molar-refractivity contribution is -0.122. The van der Waals surface area contributed by atoms with Crippen LogP contribution in [0.5, 0.6) is 5.75 Å². The maximum atomic E-state index is 13.5. The van der Waals surface area contributed by atoms with Crippen molar-refractivity contribution in [3.05, 3.63) is 64.3 Å². The average molecular weight is 784 g/mol. The van der Waals surface area contributed by atoms with E-state index in [1.165, 1.54) is 37.4 Å². The Balaban J connectivity index is 0.000000386. The third kappa shape index (κ3) is 8.51. The van der Waals surface area contributed by atoms with E-state index in [0.29, 0.717) is 42.7 Å². The molecule has 2 saturated heterocycles. The van der Waals surface area contributed by atoms with E-state index in [0.717, 1.165) is 64.4 Å². The van der Waals surface area contributed by atoms with Gasteiger partial charge in [0.05, 0.1) is 31.1 Å². The summed E-state index contributed by atoms with van der Waals surface area (Å²) in [5.41, 5.74) is 2.08. The van der Waals surface area contributed by atoms with E-state index in [-0.39, 0.29) is 47.7 Å². The predicted octanol–water partition coefficient (Wildman–Crippen LogP) is 4.15. The second-order valence-electron chi connectivity index (χ2n) is 15.9. The summed E-state index contributed by atoms with van der Waals surface area (Å²) in [6, 6.07) is 10.0. The third-order valence-corrected chi connectivity index (χ3v) is 14.5. The fourth-order valence-electron chi connectivity index (χ4n) is 8.94. The average Bonchev–Trinajstić information content (AvgIpc) is 3.26. The monoisotopic (exact) mass is 783 g/mol. The number of carbonyl (C=O) groups excluding carboxylic acids is 2. The van der Waals surface area contributed by atoms with Crippen LogP contribution in [0.15, 0.2) is 42.5 Å². The molecule has 8 rings (SSSR count). The van der Waals surface area contributed by atoms with Gasteiger partial charge in [0, 0.05) is 69.3 Å². The molecule has 1 aromatic carbocycles. The smallest absolute Gasteiger partial charge is 0.283 e. The number of allylic oxidation sites excluding steroid dienone is 2. The first-order valence-electron chi connectivity index (χ1n) is 19.5. The Morgan fingerprint density at radius 3 is 2.65 bits per heavy atom. The Bertz CT molecular complexity index is 1820. The van der Waals surface area contributed by atoms with Gasteiger partial charge in [0.2, 0.25) is 10.0 Å². The quantitative estimate of drug-likeness (QED) is 0.463. The lowest BCUT2D eigenvalue weighted by Gasteiger charge is -2.43. The molecule has 6 aliphatic rings. The van der Waals surface area contributed by atoms with Crippen molar-refractivity contribution in [1.29, 1.82) is 0 Å². The highest BCUT2D eigenvalue weighted by Gasteiger charge is 2.45. The molecule has 2 bridgehead atoms. The van der Waals surface area contributed by atoms with Gasteiger partial charge in [-0.15, -0.1) is 0 Å². The second kappa shape index (κ2) is 17.0. The van der Waals surface area contributed by atoms with Crippen LogP contribution in [0.3, 0.4) is 0 Å². The van der Waals surface area contributed by atoms with Gasteiger partial charge >= 0.3 is 0 Å². The Hall–Kier alpha value is -3.07. The third-order valence-electron chi connectivity index (χ3n) is 12.3. The van der Waals surface area contributed by atoms with Crippen LogP contribution in [0.25, 0.3) is 0 Å². The predicted molar refractivity (Wildman–Crippen MR) is 208 cm³/mol. The Labute approximate surface area is 324 Å². The highest BCUT2D eigenvalue weighted by molar-refractivity contribution is 7.90. The number of sulfonamides is 1. The van der Waals surface area contributed by atoms with Crippen LogP contribution in [0, 0.1) is 17.8 Å². The zero-order chi connectivity index (χ0) is 37.9. The van der Waals surface area contributed by atoms with Crippen LogP contribution < -0.4 is 19.7 Å². The molecule has 1 amide bonds. The number of halogens is 1. The van der Waals surface area contributed by atoms with E-state index in [4.69, 9.17) is 30.8 Å². The number of anilines is 1. The van der Waals surface area contributed by atoms with Crippen LogP contribution in [0.1, 0.15) is 67.1 Å². The Morgan fingerprint density at radius 2 is 1.93 bits per heavy atom. The molecule has 5 atom stereocenters. The lowest BCUT2D eigenvalue weighted by Crippen LogP contribution is -2.55. The molecule has 3 fully saturated rings. The molecule has 1 saturated carbocycles. The number of piperazine rings is 1. The van der Waals surface area contributed by atoms with Crippen molar-refractivity contribution in [1.82, 2.24) is 19.9 Å². The van der Waals surface area contributed by atoms with Crippen molar-refractivity contribution in [2.75, 3.05) is 77.7 Å². The summed E-state index contributed by atoms with van der Waals surface area (Å²) in [5.74, 6) is -0.00478. The lowest BCUT2D eigenvalue weighted by atomic mass is 9.69. The minimum absolute atomic E-state index is 0.000860. The number of aryl methyl sites for hydroxylation is 1. The fourth-order valence-corrected chi connectivity index (χ4v) is 10.8. The highest BCUT2D eigenvalue weighted by atomic mass is 35.5. The molecule has 0 radical (unpaired) electrons. The highest BCUT2D eigenvalue weighted by Crippen LogP contribution is 2.45. The van der Waals surface area contributed by atoms with E-state index in [1.807, 2.05) is 19.1 Å². The summed E-state index contributed by atoms with van der Waals surface area (Å²) >= 11 is 6.38. The summed E-state index contributed by atoms with van der Waals surface area (Å²) in [6.07, 6.45) is 8.57. The summed E-state index contributed by atoms with van der Waals surface area (Å²) in [7, 11) is -2.58. The molecular formula is C40H54ClN5O7S. The van der Waals surface area contributed by atoms with E-state index < -0.39 is 21.2 Å². The molecule has 1 spiro atoms. The van der Waals surface area contributed by atoms with Gasteiger partial charge in [-0.2, -0.15) is 0 Å². The van der Waals surface area contributed by atoms with Gasteiger partial charge in [-0.05, 0) is 98.2 Å². The molecule has 294 valence electrons. The maximum absolute atomic E-state index is 13.5. The second-order valence-corrected chi connectivity index (χ2v) is 18.2. The molecule has 5 heterocycles. The van der Waals surface area contributed by atoms with Gasteiger partial charge in [-0.25, -0.2) is 18.1 Å². The van der Waals surface area contributed by atoms with Crippen molar-refractivity contribution in [2.24, 2.45) is 17.8 Å². The standard InChI is InChI=1S/C33H40ClN3O6S.C7H14N2O/c1-21-5-3-7-28(38)25-10-8-23(25)18-37-19-33(15-4-6-22-17-24(34)9-11-26(22)33)20-43-29-13-12-27(35-31(29)37)32(39)36-44(40,41)30(21)14-16-42-2;1-3-9(4-2-8-1)7-5-10-6-7/h3,7,9,11-13,17,21,23,25,30H,4-6,8,10,14-16,18-20H2,1-2H3,(H,36,39);7-8H,1-6H2/b7-3+;/t21-,23-,25+,30+,33-;/m0./s1. The van der Waals surface area contributed by atoms with E-state index >= 15 is 0 Å². The minimum Gasteiger partial charge on any atom is -0.489 e. The fraction of sp³-hybridized carbons (Fsp3) is 0.625. The van der Waals surface area contributed by atoms with Gasteiger partial charge < -0.3 is 24.4 Å². The van der Waals surface area contributed by atoms with Gasteiger partial charge in [0.1, 0.15) is 5.69 Å². The van der Waals surface area contributed by atoms with Crippen molar-refractivity contribution in [3.63, 3.8) is 0 Å². The number of hydrogen-bond donors (Lipinski definition) is 2. The number of nitrogens with zero attached hydrogens (tertiary/aromatic N) is 3. The maximum Gasteiger partial charge on any atom is 0.283 e. The number of fused-ring (bicyclic) bond motifs is 4. The van der Waals surface area contributed by atoms with Gasteiger partial charge in [-0.1, -0.05) is 30.7 Å². The molecule has 12 nitrogen and oxygen atoms in total. The van der Waals surface area contributed by atoms with E-state index in [2.05, 4.69) is 25.9 Å². The first-order chi connectivity index (χ1) is 26.1. The molecule has 2 N–H and O–H groups in total. The van der Waals surface area contributed by atoms with Crippen LogP contribution in [0.4, 0.5) is 5.82 Å². The number of pyridine rings is 1. The van der Waals surface area contributed by atoms with Crippen molar-refractivity contribution >= 4 is 39.1 Å². The Kier molecular flexibility index (Phi) is 12.3. The summed E-state index contributed by atoms with van der Waals surface area (Å²) in [4.78, 5) is 36.3. The number of hydrogen-bond acceptors (Lipinski definition) is 11. The zero-order valence-corrected chi connectivity index (χ0v) is 33.0. The number of amides is 1.